The van der Waals surface area contributed by atoms with Crippen LogP contribution in [0, 0.1) is 0 Å². The van der Waals surface area contributed by atoms with Gasteiger partial charge in [-0.05, 0) is 68.8 Å². The predicted molar refractivity (Wildman–Crippen MR) is 129 cm³/mol. The Bertz CT molecular complexity index is 1050. The zero-order chi connectivity index (χ0) is 23.3. The van der Waals surface area contributed by atoms with Crippen molar-refractivity contribution in [3.05, 3.63) is 52.9 Å². The van der Waals surface area contributed by atoms with Gasteiger partial charge in [-0.3, -0.25) is 9.69 Å². The summed E-state index contributed by atoms with van der Waals surface area (Å²) in [6, 6.07) is 12.2. The SMILES string of the molecule is CCOc1ccc(N2C(=O)/C(=C\c3ccc(OC(C)C(=O)O)c(OCC)c3)SC2=S)cc1. The minimum absolute atomic E-state index is 0.220. The van der Waals surface area contributed by atoms with Gasteiger partial charge in [0.1, 0.15) is 5.75 Å². The fourth-order valence-electron chi connectivity index (χ4n) is 2.92. The lowest BCUT2D eigenvalue weighted by molar-refractivity contribution is -0.144. The lowest BCUT2D eigenvalue weighted by Crippen LogP contribution is -2.27. The van der Waals surface area contributed by atoms with E-state index in [0.29, 0.717) is 45.2 Å². The van der Waals surface area contributed by atoms with E-state index in [0.717, 1.165) is 5.75 Å². The van der Waals surface area contributed by atoms with E-state index in [1.54, 1.807) is 48.5 Å². The van der Waals surface area contributed by atoms with Crippen molar-refractivity contribution in [2.24, 2.45) is 0 Å². The Labute approximate surface area is 196 Å². The van der Waals surface area contributed by atoms with Crippen molar-refractivity contribution in [1.82, 2.24) is 0 Å². The highest BCUT2D eigenvalue weighted by molar-refractivity contribution is 8.27. The van der Waals surface area contributed by atoms with Crippen LogP contribution < -0.4 is 19.1 Å². The zero-order valence-corrected chi connectivity index (χ0v) is 19.5. The van der Waals surface area contributed by atoms with Gasteiger partial charge in [0.2, 0.25) is 0 Å². The van der Waals surface area contributed by atoms with Gasteiger partial charge in [0.15, 0.2) is 21.9 Å². The number of hydrogen-bond acceptors (Lipinski definition) is 7. The van der Waals surface area contributed by atoms with Gasteiger partial charge in [-0.1, -0.05) is 30.0 Å². The summed E-state index contributed by atoms with van der Waals surface area (Å²) in [5, 5.41) is 9.08. The van der Waals surface area contributed by atoms with Crippen molar-refractivity contribution >= 4 is 51.9 Å². The molecule has 0 saturated carbocycles. The number of benzene rings is 2. The summed E-state index contributed by atoms with van der Waals surface area (Å²) in [5.41, 5.74) is 1.37. The van der Waals surface area contributed by atoms with Gasteiger partial charge in [-0.25, -0.2) is 4.79 Å². The molecular weight excluding hydrogens is 450 g/mol. The van der Waals surface area contributed by atoms with Crippen LogP contribution in [-0.4, -0.2) is 40.6 Å². The monoisotopic (exact) mass is 473 g/mol. The Morgan fingerprint density at radius 1 is 1.12 bits per heavy atom. The molecular formula is C23H23NO6S2. The second-order valence-electron chi connectivity index (χ2n) is 6.68. The average molecular weight is 474 g/mol. The zero-order valence-electron chi connectivity index (χ0n) is 17.9. The first-order valence-corrected chi connectivity index (χ1v) is 11.2. The van der Waals surface area contributed by atoms with E-state index in [4.69, 9.17) is 31.5 Å². The lowest BCUT2D eigenvalue weighted by atomic mass is 10.1. The van der Waals surface area contributed by atoms with Gasteiger partial charge in [-0.2, -0.15) is 0 Å². The summed E-state index contributed by atoms with van der Waals surface area (Å²) in [6.07, 6.45) is 0.700. The van der Waals surface area contributed by atoms with E-state index < -0.39 is 12.1 Å². The first kappa shape index (κ1) is 23.6. The third kappa shape index (κ3) is 5.41. The third-order valence-corrected chi connectivity index (χ3v) is 5.72. The fraction of sp³-hybridized carbons (Fsp3) is 0.261. The molecule has 2 aromatic carbocycles. The molecule has 1 N–H and O–H groups in total. The summed E-state index contributed by atoms with van der Waals surface area (Å²) in [7, 11) is 0. The van der Waals surface area contributed by atoms with Crippen LogP contribution in [0.3, 0.4) is 0 Å². The summed E-state index contributed by atoms with van der Waals surface area (Å²) in [5.74, 6) is 0.147. The fourth-order valence-corrected chi connectivity index (χ4v) is 4.22. The molecule has 1 atom stereocenters. The number of anilines is 1. The number of rotatable bonds is 9. The first-order chi connectivity index (χ1) is 15.3. The molecule has 1 aliphatic heterocycles. The Kier molecular flexibility index (Phi) is 7.76. The Balaban J connectivity index is 1.84. The van der Waals surface area contributed by atoms with Crippen LogP contribution >= 0.6 is 24.0 Å². The van der Waals surface area contributed by atoms with Crippen molar-refractivity contribution in [3.8, 4) is 17.2 Å². The molecule has 168 valence electrons. The third-order valence-electron chi connectivity index (χ3n) is 4.42. The van der Waals surface area contributed by atoms with Crippen LogP contribution in [0.2, 0.25) is 0 Å². The lowest BCUT2D eigenvalue weighted by Gasteiger charge is -2.15. The second kappa shape index (κ2) is 10.5. The Morgan fingerprint density at radius 2 is 1.81 bits per heavy atom. The molecule has 0 bridgehead atoms. The van der Waals surface area contributed by atoms with E-state index >= 15 is 0 Å². The minimum Gasteiger partial charge on any atom is -0.494 e. The smallest absolute Gasteiger partial charge is 0.344 e. The molecule has 1 saturated heterocycles. The maximum Gasteiger partial charge on any atom is 0.344 e. The second-order valence-corrected chi connectivity index (χ2v) is 8.36. The van der Waals surface area contributed by atoms with Crippen molar-refractivity contribution < 1.29 is 28.9 Å². The van der Waals surface area contributed by atoms with Crippen LogP contribution in [0.4, 0.5) is 5.69 Å². The minimum atomic E-state index is -1.07. The molecule has 2 aromatic rings. The summed E-state index contributed by atoms with van der Waals surface area (Å²) in [6.45, 7) is 6.10. The number of nitrogens with zero attached hydrogens (tertiary/aromatic N) is 1. The molecule has 3 rings (SSSR count). The highest BCUT2D eigenvalue weighted by Gasteiger charge is 2.33. The molecule has 1 unspecified atom stereocenters. The van der Waals surface area contributed by atoms with Gasteiger partial charge >= 0.3 is 5.97 Å². The number of carboxylic acid groups (broad SMARTS) is 1. The van der Waals surface area contributed by atoms with Crippen LogP contribution in [0.5, 0.6) is 17.2 Å². The normalized spacial score (nSPS) is 15.7. The summed E-state index contributed by atoms with van der Waals surface area (Å²) < 4.78 is 17.0. The average Bonchev–Trinajstić information content (AvgIpc) is 3.03. The quantitative estimate of drug-likeness (QED) is 0.413. The molecule has 0 aliphatic carbocycles. The molecule has 0 spiro atoms. The van der Waals surface area contributed by atoms with Gasteiger partial charge in [-0.15, -0.1) is 0 Å². The van der Waals surface area contributed by atoms with E-state index in [2.05, 4.69) is 0 Å². The number of carbonyl (C=O) groups excluding carboxylic acids is 1. The van der Waals surface area contributed by atoms with Crippen molar-refractivity contribution in [1.29, 1.82) is 0 Å². The largest absolute Gasteiger partial charge is 0.494 e. The van der Waals surface area contributed by atoms with E-state index in [-0.39, 0.29) is 5.91 Å². The number of thiocarbonyl (C=S) groups is 1. The molecule has 1 heterocycles. The number of carbonyl (C=O) groups is 2. The van der Waals surface area contributed by atoms with E-state index in [9.17, 15) is 9.59 Å². The molecule has 1 amide bonds. The van der Waals surface area contributed by atoms with Crippen LogP contribution in [0.25, 0.3) is 6.08 Å². The molecule has 0 radical (unpaired) electrons. The summed E-state index contributed by atoms with van der Waals surface area (Å²) >= 11 is 6.64. The van der Waals surface area contributed by atoms with E-state index in [1.165, 1.54) is 23.6 Å². The van der Waals surface area contributed by atoms with Crippen LogP contribution in [0.1, 0.15) is 26.3 Å². The highest BCUT2D eigenvalue weighted by Crippen LogP contribution is 2.38. The molecule has 1 fully saturated rings. The first-order valence-electron chi connectivity index (χ1n) is 10.0. The number of carboxylic acids is 1. The molecule has 1 aliphatic rings. The number of ether oxygens (including phenoxy) is 3. The van der Waals surface area contributed by atoms with Gasteiger partial charge < -0.3 is 19.3 Å². The van der Waals surface area contributed by atoms with Gasteiger partial charge in [0, 0.05) is 0 Å². The number of thioether (sulfide) groups is 1. The highest BCUT2D eigenvalue weighted by atomic mass is 32.2. The summed E-state index contributed by atoms with van der Waals surface area (Å²) in [4.78, 5) is 26.1. The van der Waals surface area contributed by atoms with Gasteiger partial charge in [0.05, 0.1) is 23.8 Å². The topological polar surface area (TPSA) is 85.3 Å². The van der Waals surface area contributed by atoms with E-state index in [1.807, 2.05) is 13.8 Å². The van der Waals surface area contributed by atoms with Crippen molar-refractivity contribution in [2.75, 3.05) is 18.1 Å². The molecule has 7 nitrogen and oxygen atoms in total. The van der Waals surface area contributed by atoms with Crippen molar-refractivity contribution in [3.63, 3.8) is 0 Å². The van der Waals surface area contributed by atoms with Crippen LogP contribution in [0.15, 0.2) is 47.4 Å². The maximum atomic E-state index is 13.0. The molecule has 32 heavy (non-hydrogen) atoms. The van der Waals surface area contributed by atoms with Gasteiger partial charge in [0.25, 0.3) is 5.91 Å². The Morgan fingerprint density at radius 3 is 2.44 bits per heavy atom. The maximum absolute atomic E-state index is 13.0. The number of hydrogen-bond donors (Lipinski definition) is 1. The number of aliphatic carboxylic acids is 1. The van der Waals surface area contributed by atoms with Crippen LogP contribution in [-0.2, 0) is 9.59 Å². The molecule has 0 aromatic heterocycles. The molecule has 9 heteroatoms. The standard InChI is InChI=1S/C23H23NO6S2/c1-4-28-17-9-7-16(8-10-17)24-21(25)20(32-23(24)31)13-15-6-11-18(19(12-15)29-5-2)30-14(3)22(26)27/h6-14H,4-5H2,1-3H3,(H,26,27)/b20-13+. The van der Waals surface area contributed by atoms with Crippen molar-refractivity contribution in [2.45, 2.75) is 26.9 Å². The predicted octanol–water partition coefficient (Wildman–Crippen LogP) is 4.74. The Hall–Kier alpha value is -3.04. The number of amides is 1.